The zero-order valence-electron chi connectivity index (χ0n) is 35.4. The Morgan fingerprint density at radius 2 is 0.953 bits per heavy atom. The second kappa shape index (κ2) is 15.9. The van der Waals surface area contributed by atoms with Crippen molar-refractivity contribution >= 4 is 60.4 Å². The molecule has 0 aliphatic heterocycles. The fraction of sp³-hybridized carbons (Fsp3) is 0.0323. The van der Waals surface area contributed by atoms with E-state index in [0.717, 1.165) is 23.5 Å². The van der Waals surface area contributed by atoms with Gasteiger partial charge in [-0.3, -0.25) is 0 Å². The molecular weight excluding hydrogens is 773 g/mol. The van der Waals surface area contributed by atoms with Gasteiger partial charge in [-0.15, -0.1) is 0 Å². The highest BCUT2D eigenvalue weighted by Crippen LogP contribution is 2.44. The normalized spacial score (nSPS) is 13.6. The third-order valence-corrected chi connectivity index (χ3v) is 13.1. The molecule has 12 rings (SSSR count). The Labute approximate surface area is 373 Å². The summed E-state index contributed by atoms with van der Waals surface area (Å²) in [6, 6.07) is 82.5. The van der Waals surface area contributed by atoms with Gasteiger partial charge in [0, 0.05) is 33.4 Å². The first-order chi connectivity index (χ1) is 31.7. The van der Waals surface area contributed by atoms with Crippen LogP contribution in [0.5, 0.6) is 0 Å². The maximum absolute atomic E-state index is 2.53. The van der Waals surface area contributed by atoms with E-state index in [0.29, 0.717) is 0 Å². The molecule has 2 nitrogen and oxygen atoms in total. The summed E-state index contributed by atoms with van der Waals surface area (Å²) in [7, 11) is 0. The van der Waals surface area contributed by atoms with E-state index in [-0.39, 0.29) is 6.04 Å². The predicted octanol–water partition coefficient (Wildman–Crippen LogP) is 17.3. The van der Waals surface area contributed by atoms with Gasteiger partial charge in [-0.1, -0.05) is 188 Å². The number of para-hydroxylation sites is 1. The molecule has 0 radical (unpaired) electrons. The molecule has 1 unspecified atom stereocenters. The van der Waals surface area contributed by atoms with Crippen LogP contribution in [0.2, 0.25) is 0 Å². The SMILES string of the molecule is C1=CCC(n2c3ccccc3c3c(-c4cccc(N(c5ccc(-c6cccc(-c7ccccc7)c6)cc5)c5ccc(-c6cc7ccccc7c7ccccc67)cc5)c4)cccc32)C=C1. The molecule has 0 N–H and O–H groups in total. The van der Waals surface area contributed by atoms with Crippen LogP contribution in [0.3, 0.4) is 0 Å². The average Bonchev–Trinajstić information content (AvgIpc) is 3.72. The Morgan fingerprint density at radius 1 is 0.359 bits per heavy atom. The van der Waals surface area contributed by atoms with E-state index in [1.165, 1.54) is 87.9 Å². The lowest BCUT2D eigenvalue weighted by molar-refractivity contribution is 0.648. The fourth-order valence-electron chi connectivity index (χ4n) is 10.1. The van der Waals surface area contributed by atoms with Gasteiger partial charge in [-0.2, -0.15) is 0 Å². The molecule has 0 bridgehead atoms. The Morgan fingerprint density at radius 3 is 1.72 bits per heavy atom. The molecule has 0 fully saturated rings. The van der Waals surface area contributed by atoms with Crippen molar-refractivity contribution in [1.82, 2.24) is 4.57 Å². The Kier molecular flexibility index (Phi) is 9.34. The summed E-state index contributed by atoms with van der Waals surface area (Å²) >= 11 is 0. The van der Waals surface area contributed by atoms with Crippen LogP contribution in [0.15, 0.2) is 249 Å². The number of rotatable bonds is 8. The lowest BCUT2D eigenvalue weighted by Gasteiger charge is -2.26. The van der Waals surface area contributed by atoms with Crippen molar-refractivity contribution in [1.29, 1.82) is 0 Å². The number of hydrogen-bond donors (Lipinski definition) is 0. The van der Waals surface area contributed by atoms with E-state index in [1.807, 2.05) is 0 Å². The first kappa shape index (κ1) is 37.6. The van der Waals surface area contributed by atoms with Crippen molar-refractivity contribution in [3.05, 3.63) is 249 Å². The zero-order valence-corrected chi connectivity index (χ0v) is 35.4. The lowest BCUT2D eigenvalue weighted by atomic mass is 9.93. The Hall–Kier alpha value is -8.20. The van der Waals surface area contributed by atoms with Gasteiger partial charge in [0.05, 0.1) is 11.6 Å². The molecule has 10 aromatic carbocycles. The van der Waals surface area contributed by atoms with Crippen molar-refractivity contribution < 1.29 is 0 Å². The monoisotopic (exact) mass is 816 g/mol. The van der Waals surface area contributed by atoms with Gasteiger partial charge in [0.1, 0.15) is 0 Å². The van der Waals surface area contributed by atoms with E-state index >= 15 is 0 Å². The molecule has 1 aliphatic rings. The second-order valence-corrected chi connectivity index (χ2v) is 16.8. The van der Waals surface area contributed by atoms with Crippen LogP contribution in [0.4, 0.5) is 17.1 Å². The zero-order chi connectivity index (χ0) is 42.4. The predicted molar refractivity (Wildman–Crippen MR) is 273 cm³/mol. The third-order valence-electron chi connectivity index (χ3n) is 13.1. The molecule has 64 heavy (non-hydrogen) atoms. The number of anilines is 3. The van der Waals surface area contributed by atoms with Gasteiger partial charge in [0.2, 0.25) is 0 Å². The molecule has 11 aromatic rings. The van der Waals surface area contributed by atoms with Gasteiger partial charge in [-0.25, -0.2) is 0 Å². The van der Waals surface area contributed by atoms with Crippen LogP contribution in [0, 0.1) is 0 Å². The first-order valence-corrected chi connectivity index (χ1v) is 22.3. The van der Waals surface area contributed by atoms with Gasteiger partial charge in [0.15, 0.2) is 0 Å². The van der Waals surface area contributed by atoms with E-state index in [9.17, 15) is 0 Å². The minimum absolute atomic E-state index is 0.267. The van der Waals surface area contributed by atoms with Crippen LogP contribution in [0.25, 0.3) is 87.9 Å². The Bertz CT molecular complexity index is 3570. The lowest BCUT2D eigenvalue weighted by Crippen LogP contribution is -2.10. The van der Waals surface area contributed by atoms with Gasteiger partial charge in [-0.05, 0) is 133 Å². The quantitative estimate of drug-likeness (QED) is 0.139. The smallest absolute Gasteiger partial charge is 0.0560 e. The minimum Gasteiger partial charge on any atom is -0.333 e. The molecule has 0 saturated heterocycles. The first-order valence-electron chi connectivity index (χ1n) is 22.3. The van der Waals surface area contributed by atoms with Crippen molar-refractivity contribution in [2.24, 2.45) is 0 Å². The van der Waals surface area contributed by atoms with Crippen LogP contribution < -0.4 is 4.90 Å². The Balaban J connectivity index is 0.986. The molecule has 0 spiro atoms. The molecule has 302 valence electrons. The summed E-state index contributed by atoms with van der Waals surface area (Å²) in [5, 5.41) is 7.64. The number of hydrogen-bond acceptors (Lipinski definition) is 1. The maximum Gasteiger partial charge on any atom is 0.0560 e. The highest BCUT2D eigenvalue weighted by molar-refractivity contribution is 6.16. The van der Waals surface area contributed by atoms with Crippen LogP contribution >= 0.6 is 0 Å². The number of benzene rings is 10. The maximum atomic E-state index is 2.53. The van der Waals surface area contributed by atoms with Gasteiger partial charge >= 0.3 is 0 Å². The molecule has 0 saturated carbocycles. The summed E-state index contributed by atoms with van der Waals surface area (Å²) in [5.41, 5.74) is 15.5. The molecule has 1 heterocycles. The second-order valence-electron chi connectivity index (χ2n) is 16.8. The molecule has 1 aliphatic carbocycles. The molecule has 2 heteroatoms. The van der Waals surface area contributed by atoms with Crippen molar-refractivity contribution in [3.63, 3.8) is 0 Å². The van der Waals surface area contributed by atoms with Crippen LogP contribution in [0.1, 0.15) is 12.5 Å². The number of allylic oxidation sites excluding steroid dienone is 4. The molecule has 0 amide bonds. The van der Waals surface area contributed by atoms with Crippen molar-refractivity contribution in [3.8, 4) is 44.5 Å². The van der Waals surface area contributed by atoms with Gasteiger partial charge < -0.3 is 9.47 Å². The topological polar surface area (TPSA) is 8.17 Å². The number of aromatic nitrogens is 1. The molecule has 1 atom stereocenters. The standard InChI is InChI=1S/C62H44N2/c1-3-16-43(17-4-1)46-19-13-20-47(40-46)44-32-36-51(37-33-44)63(52-38-34-45(35-39-52)59-42-49-18-7-8-25-54(49)56-26-9-10-27-57(56)59)53-24-14-21-48(41-53)55-29-15-31-61-62(55)58-28-11-12-30-60(58)64(61)50-22-5-2-6-23-50/h1-22,24-42,50H,23H2. The molecular formula is C62H44N2. The van der Waals surface area contributed by atoms with Crippen LogP contribution in [-0.4, -0.2) is 4.57 Å². The highest BCUT2D eigenvalue weighted by atomic mass is 15.1. The molecule has 1 aromatic heterocycles. The van der Waals surface area contributed by atoms with Crippen LogP contribution in [-0.2, 0) is 0 Å². The third kappa shape index (κ3) is 6.60. The van der Waals surface area contributed by atoms with Gasteiger partial charge in [0.25, 0.3) is 0 Å². The van der Waals surface area contributed by atoms with Crippen molar-refractivity contribution in [2.45, 2.75) is 12.5 Å². The number of nitrogens with zero attached hydrogens (tertiary/aromatic N) is 2. The fourth-order valence-corrected chi connectivity index (χ4v) is 10.1. The summed E-state index contributed by atoms with van der Waals surface area (Å²) < 4.78 is 2.53. The largest absolute Gasteiger partial charge is 0.333 e. The summed E-state index contributed by atoms with van der Waals surface area (Å²) in [5.74, 6) is 0. The van der Waals surface area contributed by atoms with E-state index in [2.05, 4.69) is 258 Å². The summed E-state index contributed by atoms with van der Waals surface area (Å²) in [4.78, 5) is 2.40. The van der Waals surface area contributed by atoms with E-state index in [1.54, 1.807) is 0 Å². The van der Waals surface area contributed by atoms with E-state index in [4.69, 9.17) is 0 Å². The summed E-state index contributed by atoms with van der Waals surface area (Å²) in [6.07, 6.45) is 9.92. The number of fused-ring (bicyclic) bond motifs is 6. The summed E-state index contributed by atoms with van der Waals surface area (Å²) in [6.45, 7) is 0. The van der Waals surface area contributed by atoms with Crippen molar-refractivity contribution in [2.75, 3.05) is 4.90 Å². The highest BCUT2D eigenvalue weighted by Gasteiger charge is 2.21. The van der Waals surface area contributed by atoms with E-state index < -0.39 is 0 Å². The minimum atomic E-state index is 0.267. The average molecular weight is 817 g/mol.